The van der Waals surface area contributed by atoms with E-state index < -0.39 is 65.5 Å². The van der Waals surface area contributed by atoms with Gasteiger partial charge in [0.1, 0.15) is 29.2 Å². The molecule has 0 radical (unpaired) electrons. The zero-order valence-corrected chi connectivity index (χ0v) is 34.4. The summed E-state index contributed by atoms with van der Waals surface area (Å²) in [6.07, 6.45) is 2.03. The second-order valence-corrected chi connectivity index (χ2v) is 16.1. The smallest absolute Gasteiger partial charge is 0.410 e. The first kappa shape index (κ1) is 44.1. The van der Waals surface area contributed by atoms with Gasteiger partial charge in [-0.1, -0.05) is 50.1 Å². The topological polar surface area (TPSA) is 142 Å². The minimum absolute atomic E-state index is 0.0110. The third kappa shape index (κ3) is 12.0. The van der Waals surface area contributed by atoms with Crippen molar-refractivity contribution in [3.8, 4) is 11.3 Å². The van der Waals surface area contributed by atoms with Crippen molar-refractivity contribution in [2.75, 3.05) is 39.4 Å². The molecule has 1 aromatic heterocycles. The summed E-state index contributed by atoms with van der Waals surface area (Å²) in [5.41, 5.74) is 0.212. The van der Waals surface area contributed by atoms with Gasteiger partial charge in [-0.3, -0.25) is 9.59 Å². The Kier molecular flexibility index (Phi) is 15.3. The third-order valence-electron chi connectivity index (χ3n) is 10.3. The number of carbonyl (C=O) groups excluding carboxylic acids is 4. The van der Waals surface area contributed by atoms with Gasteiger partial charge in [0.25, 0.3) is 5.91 Å². The van der Waals surface area contributed by atoms with E-state index in [4.69, 9.17) is 23.9 Å². The Morgan fingerprint density at radius 3 is 2.43 bits per heavy atom. The van der Waals surface area contributed by atoms with Crippen LogP contribution in [0.1, 0.15) is 91.1 Å². The molecule has 1 N–H and O–H groups in total. The number of imidazole rings is 1. The quantitative estimate of drug-likeness (QED) is 0.0953. The van der Waals surface area contributed by atoms with Gasteiger partial charge in [0.2, 0.25) is 0 Å². The highest BCUT2D eigenvalue weighted by molar-refractivity contribution is 5.83. The van der Waals surface area contributed by atoms with Crippen LogP contribution in [0.5, 0.6) is 0 Å². The highest BCUT2D eigenvalue weighted by Gasteiger charge is 2.45. The van der Waals surface area contributed by atoms with E-state index in [0.29, 0.717) is 38.4 Å². The molecule has 316 valence electrons. The molecular formula is C43H57F2N5O8. The molecule has 3 unspecified atom stereocenters. The van der Waals surface area contributed by atoms with E-state index in [1.165, 1.54) is 18.7 Å². The summed E-state index contributed by atoms with van der Waals surface area (Å²) in [4.78, 5) is 61.8. The van der Waals surface area contributed by atoms with Crippen LogP contribution in [0.3, 0.4) is 0 Å². The number of rotatable bonds is 15. The predicted molar refractivity (Wildman–Crippen MR) is 211 cm³/mol. The predicted octanol–water partition coefficient (Wildman–Crippen LogP) is 7.28. The number of hydrogen-bond acceptors (Lipinski definition) is 9. The lowest BCUT2D eigenvalue weighted by Gasteiger charge is -2.41. The van der Waals surface area contributed by atoms with E-state index >= 15 is 4.39 Å². The maximum absolute atomic E-state index is 15.4. The maximum atomic E-state index is 15.4. The van der Waals surface area contributed by atoms with Gasteiger partial charge in [-0.05, 0) is 76.6 Å². The number of benzene rings is 2. The fourth-order valence-electron chi connectivity index (χ4n) is 7.53. The number of aromatic nitrogens is 2. The van der Waals surface area contributed by atoms with E-state index in [9.17, 15) is 23.6 Å². The van der Waals surface area contributed by atoms with Crippen LogP contribution in [-0.4, -0.2) is 101 Å². The van der Waals surface area contributed by atoms with Gasteiger partial charge in [-0.15, -0.1) is 0 Å². The van der Waals surface area contributed by atoms with Crippen LogP contribution < -0.4 is 5.32 Å². The summed E-state index contributed by atoms with van der Waals surface area (Å²) < 4.78 is 54.8. The minimum atomic E-state index is -1.23. The molecular weight excluding hydrogens is 752 g/mol. The van der Waals surface area contributed by atoms with Crippen LogP contribution >= 0.6 is 0 Å². The average Bonchev–Trinajstić information content (AvgIpc) is 3.77. The summed E-state index contributed by atoms with van der Waals surface area (Å²) >= 11 is 0. The summed E-state index contributed by atoms with van der Waals surface area (Å²) in [7, 11) is 0. The summed E-state index contributed by atoms with van der Waals surface area (Å²) in [5, 5.41) is 2.80. The molecule has 13 nitrogen and oxygen atoms in total. The number of halogens is 2. The number of unbranched alkanes of at least 4 members (excludes halogenated alkanes) is 2. The standard InChI is InChI=1S/C43H57F2N5O8/c1-7-8-12-19-46-41(53)57-37-27-49(42(54)58-43(4,5)6)24-32(37)25-50(40(52)28(2)56-29(3)51)38(31-17-20-55-21-18-31)39-47-36(34-22-33(44)15-16-35(34)45)26-48(39)23-30-13-10-9-11-14-30/h9-11,13-16,22,26,28,31-32,37-38H,7-8,12,17-21,23-25,27H2,1-6H3,(H,46,53)/t28-,32?,37?,38?/m0/s1. The van der Waals surface area contributed by atoms with Crippen LogP contribution in [0.15, 0.2) is 54.7 Å². The van der Waals surface area contributed by atoms with Gasteiger partial charge in [0, 0.05) is 64.0 Å². The molecule has 2 fully saturated rings. The molecule has 0 spiro atoms. The van der Waals surface area contributed by atoms with Gasteiger partial charge >= 0.3 is 18.2 Å². The fraction of sp³-hybridized carbons (Fsp3) is 0.558. The molecule has 15 heteroatoms. The first-order chi connectivity index (χ1) is 27.6. The summed E-state index contributed by atoms with van der Waals surface area (Å²) in [5.74, 6) is -2.99. The number of hydrogen-bond donors (Lipinski definition) is 1. The molecule has 0 aliphatic carbocycles. The summed E-state index contributed by atoms with van der Waals surface area (Å²) in [6, 6.07) is 11.9. The largest absolute Gasteiger partial charge is 0.453 e. The van der Waals surface area contributed by atoms with Crippen LogP contribution in [0.2, 0.25) is 0 Å². The molecule has 2 aromatic carbocycles. The Bertz CT molecular complexity index is 1860. The molecule has 5 rings (SSSR count). The molecule has 4 atom stereocenters. The van der Waals surface area contributed by atoms with Crippen molar-refractivity contribution in [2.24, 2.45) is 11.8 Å². The van der Waals surface area contributed by atoms with Crippen LogP contribution in [0, 0.1) is 23.5 Å². The van der Waals surface area contributed by atoms with Crippen molar-refractivity contribution in [2.45, 2.75) is 104 Å². The first-order valence-electron chi connectivity index (χ1n) is 20.2. The van der Waals surface area contributed by atoms with E-state index in [2.05, 4.69) is 12.2 Å². The maximum Gasteiger partial charge on any atom is 0.410 e. The minimum Gasteiger partial charge on any atom is -0.453 e. The molecule has 2 aliphatic heterocycles. The Balaban J connectivity index is 1.63. The average molecular weight is 810 g/mol. The Morgan fingerprint density at radius 1 is 1.03 bits per heavy atom. The van der Waals surface area contributed by atoms with Crippen molar-refractivity contribution >= 4 is 24.1 Å². The van der Waals surface area contributed by atoms with E-state index in [1.807, 2.05) is 34.9 Å². The number of esters is 1. The van der Waals surface area contributed by atoms with Crippen LogP contribution in [0.4, 0.5) is 18.4 Å². The lowest BCUT2D eigenvalue weighted by molar-refractivity contribution is -0.160. The second-order valence-electron chi connectivity index (χ2n) is 16.1. The zero-order valence-electron chi connectivity index (χ0n) is 34.4. The van der Waals surface area contributed by atoms with Crippen molar-refractivity contribution in [3.63, 3.8) is 0 Å². The molecule has 3 heterocycles. The SMILES string of the molecule is CCCCCNC(=O)OC1CN(C(=O)OC(C)(C)C)CC1CN(C(=O)[C@H](C)OC(C)=O)C(c1nc(-c2cc(F)ccc2F)cn1Cc1ccccc1)C1CCOCC1. The van der Waals surface area contributed by atoms with Crippen molar-refractivity contribution in [1.29, 1.82) is 0 Å². The van der Waals surface area contributed by atoms with Gasteiger partial charge in [0.15, 0.2) is 6.10 Å². The normalized spacial score (nSPS) is 18.3. The Hall–Kier alpha value is -5.05. The van der Waals surface area contributed by atoms with Crippen LogP contribution in [-0.2, 0) is 35.1 Å². The van der Waals surface area contributed by atoms with Gasteiger partial charge < -0.3 is 38.6 Å². The summed E-state index contributed by atoms with van der Waals surface area (Å²) in [6.45, 7) is 11.6. The molecule has 3 amide bonds. The van der Waals surface area contributed by atoms with Crippen molar-refractivity contribution in [1.82, 2.24) is 24.7 Å². The lowest BCUT2D eigenvalue weighted by atomic mass is 9.88. The Labute approximate surface area is 339 Å². The number of nitrogens with zero attached hydrogens (tertiary/aromatic N) is 4. The number of ether oxygens (including phenoxy) is 4. The van der Waals surface area contributed by atoms with Crippen molar-refractivity contribution < 1.29 is 46.9 Å². The second kappa shape index (κ2) is 20.1. The first-order valence-corrected chi connectivity index (χ1v) is 20.2. The monoisotopic (exact) mass is 809 g/mol. The molecule has 2 saturated heterocycles. The lowest BCUT2D eigenvalue weighted by Crippen LogP contribution is -2.50. The van der Waals surface area contributed by atoms with Gasteiger partial charge in [0.05, 0.1) is 18.3 Å². The molecule has 2 aliphatic rings. The van der Waals surface area contributed by atoms with E-state index in [0.717, 1.165) is 43.0 Å². The highest BCUT2D eigenvalue weighted by atomic mass is 19.1. The molecule has 0 bridgehead atoms. The van der Waals surface area contributed by atoms with Crippen molar-refractivity contribution in [3.05, 3.63) is 77.8 Å². The van der Waals surface area contributed by atoms with Gasteiger partial charge in [-0.2, -0.15) is 0 Å². The number of likely N-dealkylation sites (tertiary alicyclic amines) is 1. The molecule has 58 heavy (non-hydrogen) atoms. The van der Waals surface area contributed by atoms with E-state index in [1.54, 1.807) is 31.9 Å². The Morgan fingerprint density at radius 2 is 1.76 bits per heavy atom. The number of nitrogens with one attached hydrogen (secondary N) is 1. The zero-order chi connectivity index (χ0) is 42.0. The number of alkyl carbamates (subject to hydrolysis) is 1. The number of amides is 3. The third-order valence-corrected chi connectivity index (χ3v) is 10.3. The molecule has 3 aromatic rings. The van der Waals surface area contributed by atoms with Crippen LogP contribution in [0.25, 0.3) is 11.3 Å². The molecule has 0 saturated carbocycles. The fourth-order valence-corrected chi connectivity index (χ4v) is 7.53. The van der Waals surface area contributed by atoms with Gasteiger partial charge in [-0.25, -0.2) is 23.4 Å². The number of carbonyl (C=O) groups is 4. The highest BCUT2D eigenvalue weighted by Crippen LogP contribution is 2.39. The van der Waals surface area contributed by atoms with E-state index in [-0.39, 0.29) is 43.4 Å².